The average Bonchev–Trinajstić information content (AvgIpc) is 2.27. The molecule has 1 rings (SSSR count). The molecular formula is C12H19F3N4. The van der Waals surface area contributed by atoms with Crippen molar-refractivity contribution in [1.82, 2.24) is 9.97 Å². The number of alkyl halides is 3. The summed E-state index contributed by atoms with van der Waals surface area (Å²) in [5.41, 5.74) is 0. The summed E-state index contributed by atoms with van der Waals surface area (Å²) in [6.07, 6.45) is -4.54. The van der Waals surface area contributed by atoms with Crippen molar-refractivity contribution in [1.29, 1.82) is 0 Å². The first-order valence-corrected chi connectivity index (χ1v) is 6.15. The van der Waals surface area contributed by atoms with E-state index in [2.05, 4.69) is 15.3 Å². The third-order valence-electron chi connectivity index (χ3n) is 2.35. The summed E-state index contributed by atoms with van der Waals surface area (Å²) in [6.45, 7) is 6.91. The van der Waals surface area contributed by atoms with Gasteiger partial charge in [0.2, 0.25) is 5.82 Å². The van der Waals surface area contributed by atoms with Gasteiger partial charge in [0.1, 0.15) is 11.6 Å². The van der Waals surface area contributed by atoms with Crippen molar-refractivity contribution in [2.24, 2.45) is 5.92 Å². The minimum Gasteiger partial charge on any atom is -0.370 e. The molecule has 0 aromatic carbocycles. The van der Waals surface area contributed by atoms with E-state index >= 15 is 0 Å². The lowest BCUT2D eigenvalue weighted by molar-refractivity contribution is -0.144. The van der Waals surface area contributed by atoms with Crippen LogP contribution in [0.2, 0.25) is 0 Å². The lowest BCUT2D eigenvalue weighted by Crippen LogP contribution is -2.25. The van der Waals surface area contributed by atoms with Gasteiger partial charge in [-0.1, -0.05) is 13.8 Å². The molecule has 7 heteroatoms. The van der Waals surface area contributed by atoms with E-state index in [0.717, 1.165) is 0 Å². The SMILES string of the molecule is CCNc1cc(N(C)CC(C)C)nc(C(F)(F)F)n1. The molecule has 0 fully saturated rings. The van der Waals surface area contributed by atoms with E-state index in [9.17, 15) is 13.2 Å². The molecular weight excluding hydrogens is 257 g/mol. The predicted molar refractivity (Wildman–Crippen MR) is 69.3 cm³/mol. The van der Waals surface area contributed by atoms with E-state index in [-0.39, 0.29) is 11.6 Å². The summed E-state index contributed by atoms with van der Waals surface area (Å²) in [6, 6.07) is 1.53. The van der Waals surface area contributed by atoms with Crippen LogP contribution in [0.3, 0.4) is 0 Å². The standard InChI is InChI=1S/C12H19F3N4/c1-5-16-9-6-10(19(4)7-8(2)3)18-11(17-9)12(13,14)15/h6,8H,5,7H2,1-4H3,(H,16,17,18). The minimum absolute atomic E-state index is 0.190. The van der Waals surface area contributed by atoms with Crippen LogP contribution in [-0.4, -0.2) is 30.1 Å². The smallest absolute Gasteiger partial charge is 0.370 e. The molecule has 0 atom stereocenters. The highest BCUT2D eigenvalue weighted by Crippen LogP contribution is 2.29. The van der Waals surface area contributed by atoms with Gasteiger partial charge in [-0.2, -0.15) is 13.2 Å². The van der Waals surface area contributed by atoms with Crippen LogP contribution in [0.15, 0.2) is 6.07 Å². The third kappa shape index (κ3) is 4.57. The van der Waals surface area contributed by atoms with Gasteiger partial charge in [-0.15, -0.1) is 0 Å². The molecule has 0 bridgehead atoms. The first-order chi connectivity index (χ1) is 8.74. The number of halogens is 3. The monoisotopic (exact) mass is 276 g/mol. The van der Waals surface area contributed by atoms with Crippen LogP contribution in [0.4, 0.5) is 24.8 Å². The van der Waals surface area contributed by atoms with Crippen molar-refractivity contribution in [2.45, 2.75) is 26.9 Å². The van der Waals surface area contributed by atoms with Gasteiger partial charge in [0.15, 0.2) is 0 Å². The van der Waals surface area contributed by atoms with Gasteiger partial charge in [-0.05, 0) is 12.8 Å². The molecule has 0 saturated carbocycles. The fourth-order valence-corrected chi connectivity index (χ4v) is 1.67. The van der Waals surface area contributed by atoms with E-state index in [1.165, 1.54) is 6.07 Å². The maximum Gasteiger partial charge on any atom is 0.451 e. The summed E-state index contributed by atoms with van der Waals surface area (Å²) < 4.78 is 38.2. The second-order valence-corrected chi connectivity index (χ2v) is 4.74. The Kier molecular flexibility index (Phi) is 4.97. The van der Waals surface area contributed by atoms with E-state index in [1.54, 1.807) is 18.9 Å². The molecule has 0 spiro atoms. The highest BCUT2D eigenvalue weighted by Gasteiger charge is 2.35. The number of nitrogens with one attached hydrogen (secondary N) is 1. The summed E-state index contributed by atoms with van der Waals surface area (Å²) in [5.74, 6) is -0.323. The van der Waals surface area contributed by atoms with Gasteiger partial charge in [-0.25, -0.2) is 9.97 Å². The molecule has 0 aliphatic carbocycles. The Hall–Kier alpha value is -1.53. The maximum atomic E-state index is 12.7. The molecule has 1 aromatic heterocycles. The fourth-order valence-electron chi connectivity index (χ4n) is 1.67. The largest absolute Gasteiger partial charge is 0.451 e. The Bertz CT molecular complexity index is 418. The van der Waals surface area contributed by atoms with Crippen LogP contribution < -0.4 is 10.2 Å². The average molecular weight is 276 g/mol. The number of nitrogens with zero attached hydrogens (tertiary/aromatic N) is 3. The number of hydrogen-bond donors (Lipinski definition) is 1. The Labute approximate surface area is 111 Å². The lowest BCUT2D eigenvalue weighted by atomic mass is 10.2. The summed E-state index contributed by atoms with van der Waals surface area (Å²) in [4.78, 5) is 8.77. The van der Waals surface area contributed by atoms with Gasteiger partial charge in [0, 0.05) is 26.2 Å². The Morgan fingerprint density at radius 1 is 1.32 bits per heavy atom. The molecule has 0 saturated heterocycles. The van der Waals surface area contributed by atoms with Crippen LogP contribution in [0.5, 0.6) is 0 Å². The molecule has 1 heterocycles. The second-order valence-electron chi connectivity index (χ2n) is 4.74. The second kappa shape index (κ2) is 6.08. The fraction of sp³-hybridized carbons (Fsp3) is 0.667. The molecule has 1 aromatic rings. The number of aromatic nitrogens is 2. The zero-order valence-electron chi connectivity index (χ0n) is 11.5. The zero-order chi connectivity index (χ0) is 14.6. The molecule has 0 aliphatic heterocycles. The van der Waals surface area contributed by atoms with E-state index in [1.807, 2.05) is 13.8 Å². The normalized spacial score (nSPS) is 11.8. The number of anilines is 2. The first-order valence-electron chi connectivity index (χ1n) is 6.15. The van der Waals surface area contributed by atoms with Gasteiger partial charge in [0.05, 0.1) is 0 Å². The van der Waals surface area contributed by atoms with Crippen molar-refractivity contribution in [3.05, 3.63) is 11.9 Å². The lowest BCUT2D eigenvalue weighted by Gasteiger charge is -2.21. The molecule has 0 radical (unpaired) electrons. The van der Waals surface area contributed by atoms with Crippen LogP contribution in [0.25, 0.3) is 0 Å². The maximum absolute atomic E-state index is 12.7. The summed E-state index contributed by atoms with van der Waals surface area (Å²) >= 11 is 0. The number of rotatable bonds is 5. The topological polar surface area (TPSA) is 41.0 Å². The minimum atomic E-state index is -4.54. The highest BCUT2D eigenvalue weighted by atomic mass is 19.4. The molecule has 108 valence electrons. The van der Waals surface area contributed by atoms with Gasteiger partial charge in [0.25, 0.3) is 0 Å². The van der Waals surface area contributed by atoms with Crippen LogP contribution in [0, 0.1) is 5.92 Å². The van der Waals surface area contributed by atoms with E-state index in [0.29, 0.717) is 19.0 Å². The molecule has 0 unspecified atom stereocenters. The van der Waals surface area contributed by atoms with Crippen LogP contribution >= 0.6 is 0 Å². The van der Waals surface area contributed by atoms with Crippen molar-refractivity contribution in [2.75, 3.05) is 30.4 Å². The molecule has 0 amide bonds. The van der Waals surface area contributed by atoms with Crippen molar-refractivity contribution < 1.29 is 13.2 Å². The Balaban J connectivity index is 3.12. The first kappa shape index (κ1) is 15.5. The predicted octanol–water partition coefficient (Wildman–Crippen LogP) is 3.02. The van der Waals surface area contributed by atoms with E-state index in [4.69, 9.17) is 0 Å². The zero-order valence-corrected chi connectivity index (χ0v) is 11.5. The van der Waals surface area contributed by atoms with Crippen LogP contribution in [0.1, 0.15) is 26.6 Å². The van der Waals surface area contributed by atoms with Gasteiger partial charge >= 0.3 is 6.18 Å². The Morgan fingerprint density at radius 3 is 2.42 bits per heavy atom. The van der Waals surface area contributed by atoms with Crippen molar-refractivity contribution in [3.63, 3.8) is 0 Å². The highest BCUT2D eigenvalue weighted by molar-refractivity contribution is 5.49. The molecule has 0 aliphatic rings. The third-order valence-corrected chi connectivity index (χ3v) is 2.35. The Morgan fingerprint density at radius 2 is 1.95 bits per heavy atom. The number of hydrogen-bond acceptors (Lipinski definition) is 4. The summed E-state index contributed by atoms with van der Waals surface area (Å²) in [5, 5.41) is 2.79. The van der Waals surface area contributed by atoms with Gasteiger partial charge in [-0.3, -0.25) is 0 Å². The van der Waals surface area contributed by atoms with Crippen molar-refractivity contribution in [3.8, 4) is 0 Å². The molecule has 1 N–H and O–H groups in total. The van der Waals surface area contributed by atoms with E-state index < -0.39 is 12.0 Å². The molecule has 19 heavy (non-hydrogen) atoms. The van der Waals surface area contributed by atoms with Gasteiger partial charge < -0.3 is 10.2 Å². The quantitative estimate of drug-likeness (QED) is 0.897. The van der Waals surface area contributed by atoms with Crippen LogP contribution in [-0.2, 0) is 6.18 Å². The van der Waals surface area contributed by atoms with Crippen molar-refractivity contribution >= 4 is 11.6 Å². The molecule has 4 nitrogen and oxygen atoms in total. The summed E-state index contributed by atoms with van der Waals surface area (Å²) in [7, 11) is 1.72.